The van der Waals surface area contributed by atoms with Crippen molar-refractivity contribution in [1.82, 2.24) is 10.7 Å². The number of carbonyl (C=O) groups excluding carboxylic acids is 2. The topological polar surface area (TPSA) is 96.6 Å². The molecule has 0 bridgehead atoms. The highest BCUT2D eigenvalue weighted by Crippen LogP contribution is 2.20. The Kier molecular flexibility index (Phi) is 3.27. The summed E-state index contributed by atoms with van der Waals surface area (Å²) in [5.41, 5.74) is 9.23. The van der Waals surface area contributed by atoms with Crippen molar-refractivity contribution in [3.8, 4) is 0 Å². The molecular formula is C15H14N4O2. The number of anilines is 1. The maximum Gasteiger partial charge on any atom is 0.271 e. The summed E-state index contributed by atoms with van der Waals surface area (Å²) >= 11 is 0. The molecule has 1 fully saturated rings. The van der Waals surface area contributed by atoms with E-state index in [4.69, 9.17) is 5.73 Å². The van der Waals surface area contributed by atoms with Crippen LogP contribution in [0.3, 0.4) is 0 Å². The van der Waals surface area contributed by atoms with Gasteiger partial charge in [0.2, 0.25) is 0 Å². The Morgan fingerprint density at radius 2 is 2.10 bits per heavy atom. The fraction of sp³-hybridized carbons (Fsp3) is 0.133. The van der Waals surface area contributed by atoms with Gasteiger partial charge in [-0.2, -0.15) is 5.10 Å². The number of nitrogens with zero attached hydrogens (tertiary/aromatic N) is 1. The predicted molar refractivity (Wildman–Crippen MR) is 79.5 cm³/mol. The molecule has 0 spiro atoms. The normalized spacial score (nSPS) is 24.8. The molecule has 1 heterocycles. The Labute approximate surface area is 121 Å². The van der Waals surface area contributed by atoms with Crippen LogP contribution in [0.2, 0.25) is 0 Å². The van der Waals surface area contributed by atoms with Gasteiger partial charge >= 0.3 is 0 Å². The van der Waals surface area contributed by atoms with Gasteiger partial charge in [-0.05, 0) is 18.2 Å². The second-order valence-corrected chi connectivity index (χ2v) is 4.86. The minimum atomic E-state index is -0.401. The summed E-state index contributed by atoms with van der Waals surface area (Å²) < 4.78 is 0. The summed E-state index contributed by atoms with van der Waals surface area (Å²) in [6, 6.07) is 6.47. The van der Waals surface area contributed by atoms with Crippen molar-refractivity contribution in [1.29, 1.82) is 0 Å². The zero-order chi connectivity index (χ0) is 14.8. The van der Waals surface area contributed by atoms with Crippen molar-refractivity contribution in [3.05, 3.63) is 54.1 Å². The number of amides is 2. The summed E-state index contributed by atoms with van der Waals surface area (Å²) in [6.07, 6.45) is 7.51. The minimum absolute atomic E-state index is 0.0921. The third-order valence-corrected chi connectivity index (χ3v) is 3.41. The fourth-order valence-corrected chi connectivity index (χ4v) is 2.36. The maximum absolute atomic E-state index is 12.0. The first-order chi connectivity index (χ1) is 10.1. The monoisotopic (exact) mass is 282 g/mol. The van der Waals surface area contributed by atoms with Crippen molar-refractivity contribution in [3.63, 3.8) is 0 Å². The standard InChI is InChI=1S/C15H14N4O2/c16-10-5-3-4-9(8-10)14(20)19-18-13-11-6-1-2-7-12(11)17-15(13)21/h1-8,11-12H,16H2,(H,17,21)(H,19,20)/b18-13+. The molecule has 1 aliphatic heterocycles. The van der Waals surface area contributed by atoms with Gasteiger partial charge in [0.15, 0.2) is 0 Å². The lowest BCUT2D eigenvalue weighted by molar-refractivity contribution is -0.114. The molecule has 2 atom stereocenters. The van der Waals surface area contributed by atoms with Gasteiger partial charge in [0.1, 0.15) is 5.71 Å². The first-order valence-corrected chi connectivity index (χ1v) is 6.54. The minimum Gasteiger partial charge on any atom is -0.399 e. The van der Waals surface area contributed by atoms with Gasteiger partial charge in [0, 0.05) is 11.3 Å². The number of allylic oxidation sites excluding steroid dienone is 2. The number of benzene rings is 1. The summed E-state index contributed by atoms with van der Waals surface area (Å²) in [4.78, 5) is 23.8. The zero-order valence-electron chi connectivity index (χ0n) is 11.1. The third-order valence-electron chi connectivity index (χ3n) is 3.41. The number of hydrogen-bond donors (Lipinski definition) is 3. The van der Waals surface area contributed by atoms with Crippen molar-refractivity contribution in [2.24, 2.45) is 11.0 Å². The van der Waals surface area contributed by atoms with Crippen LogP contribution in [0.1, 0.15) is 10.4 Å². The highest BCUT2D eigenvalue weighted by molar-refractivity contribution is 6.42. The van der Waals surface area contributed by atoms with Gasteiger partial charge in [-0.15, -0.1) is 0 Å². The Morgan fingerprint density at radius 3 is 2.90 bits per heavy atom. The van der Waals surface area contributed by atoms with E-state index >= 15 is 0 Å². The fourth-order valence-electron chi connectivity index (χ4n) is 2.36. The van der Waals surface area contributed by atoms with Crippen molar-refractivity contribution < 1.29 is 9.59 Å². The lowest BCUT2D eigenvalue weighted by Gasteiger charge is -2.13. The van der Waals surface area contributed by atoms with E-state index in [1.807, 2.05) is 24.3 Å². The molecule has 4 N–H and O–H groups in total. The molecular weight excluding hydrogens is 268 g/mol. The average Bonchev–Trinajstić information content (AvgIpc) is 2.80. The molecule has 6 nitrogen and oxygen atoms in total. The van der Waals surface area contributed by atoms with E-state index in [-0.39, 0.29) is 17.9 Å². The van der Waals surface area contributed by atoms with E-state index in [1.54, 1.807) is 24.3 Å². The largest absolute Gasteiger partial charge is 0.399 e. The first-order valence-electron chi connectivity index (χ1n) is 6.54. The molecule has 106 valence electrons. The summed E-state index contributed by atoms with van der Waals surface area (Å²) in [7, 11) is 0. The Hall–Kier alpha value is -2.89. The number of fused-ring (bicyclic) bond motifs is 1. The van der Waals surface area contributed by atoms with Gasteiger partial charge in [0.05, 0.1) is 12.0 Å². The molecule has 3 rings (SSSR count). The van der Waals surface area contributed by atoms with E-state index in [1.165, 1.54) is 0 Å². The van der Waals surface area contributed by atoms with E-state index in [0.29, 0.717) is 17.0 Å². The number of nitrogens with two attached hydrogens (primary N) is 1. The quantitative estimate of drug-likeness (QED) is 0.547. The van der Waals surface area contributed by atoms with Crippen molar-refractivity contribution in [2.75, 3.05) is 5.73 Å². The molecule has 1 saturated heterocycles. The summed E-state index contributed by atoms with van der Waals surface area (Å²) in [5, 5.41) is 6.77. The smallest absolute Gasteiger partial charge is 0.271 e. The summed E-state index contributed by atoms with van der Waals surface area (Å²) in [6.45, 7) is 0. The second kappa shape index (κ2) is 5.24. The molecule has 1 aliphatic carbocycles. The number of hydrazone groups is 1. The SMILES string of the molecule is Nc1cccc(C(=O)N/N=C2/C(=O)NC3C=CC=CC23)c1. The molecule has 0 radical (unpaired) electrons. The number of nitrogens with one attached hydrogen (secondary N) is 2. The van der Waals surface area contributed by atoms with Gasteiger partial charge in [-0.25, -0.2) is 5.43 Å². The van der Waals surface area contributed by atoms with E-state index in [0.717, 1.165) is 0 Å². The van der Waals surface area contributed by atoms with Gasteiger partial charge in [-0.3, -0.25) is 9.59 Å². The lowest BCUT2D eigenvalue weighted by Crippen LogP contribution is -2.26. The second-order valence-electron chi connectivity index (χ2n) is 4.86. The molecule has 6 heteroatoms. The molecule has 2 aliphatic rings. The van der Waals surface area contributed by atoms with Gasteiger partial charge < -0.3 is 11.1 Å². The number of carbonyl (C=O) groups is 2. The third kappa shape index (κ3) is 2.55. The Balaban J connectivity index is 1.76. The van der Waals surface area contributed by atoms with E-state index in [9.17, 15) is 9.59 Å². The van der Waals surface area contributed by atoms with Crippen LogP contribution in [0.15, 0.2) is 53.7 Å². The molecule has 2 amide bonds. The number of hydrogen-bond acceptors (Lipinski definition) is 4. The Morgan fingerprint density at radius 1 is 1.29 bits per heavy atom. The maximum atomic E-state index is 12.0. The van der Waals surface area contributed by atoms with Crippen LogP contribution >= 0.6 is 0 Å². The van der Waals surface area contributed by atoms with Gasteiger partial charge in [-0.1, -0.05) is 30.4 Å². The molecule has 1 aromatic rings. The molecule has 21 heavy (non-hydrogen) atoms. The average molecular weight is 282 g/mol. The Bertz CT molecular complexity index is 691. The molecule has 2 unspecified atom stereocenters. The van der Waals surface area contributed by atoms with Crippen LogP contribution in [0.4, 0.5) is 5.69 Å². The van der Waals surface area contributed by atoms with Crippen LogP contribution in [0, 0.1) is 5.92 Å². The predicted octanol–water partition coefficient (Wildman–Crippen LogP) is 0.595. The van der Waals surface area contributed by atoms with Crippen molar-refractivity contribution >= 4 is 23.2 Å². The zero-order valence-corrected chi connectivity index (χ0v) is 11.1. The number of rotatable bonds is 2. The highest BCUT2D eigenvalue weighted by Gasteiger charge is 2.37. The van der Waals surface area contributed by atoms with Crippen LogP contribution in [-0.4, -0.2) is 23.6 Å². The molecule has 0 saturated carbocycles. The molecule has 1 aromatic carbocycles. The van der Waals surface area contributed by atoms with E-state index in [2.05, 4.69) is 15.8 Å². The lowest BCUT2D eigenvalue weighted by atomic mass is 9.95. The van der Waals surface area contributed by atoms with Crippen molar-refractivity contribution in [2.45, 2.75) is 6.04 Å². The molecule has 0 aromatic heterocycles. The van der Waals surface area contributed by atoms with E-state index < -0.39 is 5.91 Å². The van der Waals surface area contributed by atoms with Crippen LogP contribution in [0.25, 0.3) is 0 Å². The highest BCUT2D eigenvalue weighted by atomic mass is 16.2. The number of nitrogen functional groups attached to an aromatic ring is 1. The first kappa shape index (κ1) is 13.1. The summed E-state index contributed by atoms with van der Waals surface area (Å²) in [5.74, 6) is -0.820. The van der Waals surface area contributed by atoms with Crippen LogP contribution < -0.4 is 16.5 Å². The van der Waals surface area contributed by atoms with Crippen LogP contribution in [-0.2, 0) is 4.79 Å². The van der Waals surface area contributed by atoms with Crippen LogP contribution in [0.5, 0.6) is 0 Å². The van der Waals surface area contributed by atoms with Gasteiger partial charge in [0.25, 0.3) is 11.8 Å².